The second kappa shape index (κ2) is 6.23. The molecular formula is C18H18N2O4. The Kier molecular flexibility index (Phi) is 4.12. The lowest BCUT2D eigenvalue weighted by molar-refractivity contribution is -0.147. The number of urea groups is 1. The molecule has 2 unspecified atom stereocenters. The lowest BCUT2D eigenvalue weighted by Crippen LogP contribution is -2.51. The van der Waals surface area contributed by atoms with Gasteiger partial charge in [0.1, 0.15) is 11.7 Å². The minimum absolute atomic E-state index is 0.00278. The van der Waals surface area contributed by atoms with E-state index in [2.05, 4.69) is 17.2 Å². The molecule has 1 saturated heterocycles. The van der Waals surface area contributed by atoms with Gasteiger partial charge in [0.05, 0.1) is 12.6 Å². The van der Waals surface area contributed by atoms with Crippen molar-refractivity contribution >= 4 is 22.8 Å². The molecule has 0 saturated carbocycles. The fraction of sp³-hybridized carbons (Fsp3) is 0.222. The van der Waals surface area contributed by atoms with E-state index < -0.39 is 24.0 Å². The first-order chi connectivity index (χ1) is 11.5. The molecule has 0 radical (unpaired) electrons. The Balaban J connectivity index is 2.17. The number of hydrogen-bond acceptors (Lipinski definition) is 4. The predicted octanol–water partition coefficient (Wildman–Crippen LogP) is 2.59. The Morgan fingerprint density at radius 1 is 1.29 bits per heavy atom. The van der Waals surface area contributed by atoms with Crippen molar-refractivity contribution in [2.75, 3.05) is 6.61 Å². The van der Waals surface area contributed by atoms with Crippen molar-refractivity contribution < 1.29 is 19.4 Å². The van der Waals surface area contributed by atoms with Crippen molar-refractivity contribution in [3.8, 4) is 5.75 Å². The number of esters is 1. The van der Waals surface area contributed by atoms with Crippen molar-refractivity contribution in [2.45, 2.75) is 13.0 Å². The summed E-state index contributed by atoms with van der Waals surface area (Å²) in [4.78, 5) is 24.3. The summed E-state index contributed by atoms with van der Waals surface area (Å²) < 4.78 is 5.12. The number of fused-ring (bicyclic) bond motifs is 1. The molecule has 3 N–H and O–H groups in total. The lowest BCUT2D eigenvalue weighted by atomic mass is 9.86. The Hall–Kier alpha value is -3.02. The van der Waals surface area contributed by atoms with Crippen LogP contribution in [0.5, 0.6) is 5.75 Å². The number of amides is 2. The first-order valence-electron chi connectivity index (χ1n) is 7.66. The van der Waals surface area contributed by atoms with Crippen molar-refractivity contribution in [2.24, 2.45) is 5.92 Å². The molecule has 1 heterocycles. The highest BCUT2D eigenvalue weighted by Gasteiger charge is 2.40. The van der Waals surface area contributed by atoms with Crippen LogP contribution in [0.4, 0.5) is 4.79 Å². The summed E-state index contributed by atoms with van der Waals surface area (Å²) >= 11 is 0. The lowest BCUT2D eigenvalue weighted by Gasteiger charge is -2.34. The van der Waals surface area contributed by atoms with Crippen LogP contribution in [0.1, 0.15) is 18.5 Å². The van der Waals surface area contributed by atoms with Gasteiger partial charge in [-0.25, -0.2) is 4.79 Å². The van der Waals surface area contributed by atoms with Gasteiger partial charge < -0.3 is 20.5 Å². The fourth-order valence-corrected chi connectivity index (χ4v) is 3.05. The van der Waals surface area contributed by atoms with E-state index in [9.17, 15) is 14.7 Å². The normalized spacial score (nSPS) is 20.4. The molecule has 0 spiro atoms. The quantitative estimate of drug-likeness (QED) is 0.757. The number of phenols is 1. The molecule has 2 aromatic carbocycles. The largest absolute Gasteiger partial charge is 0.508 e. The molecule has 0 aromatic heterocycles. The van der Waals surface area contributed by atoms with Gasteiger partial charge in [-0.15, -0.1) is 0 Å². The molecule has 6 nitrogen and oxygen atoms in total. The summed E-state index contributed by atoms with van der Waals surface area (Å²) in [5, 5.41) is 17.3. The van der Waals surface area contributed by atoms with E-state index in [1.165, 1.54) is 0 Å². The molecule has 3 rings (SSSR count). The number of carbonyl (C=O) groups is 2. The van der Waals surface area contributed by atoms with Gasteiger partial charge in [0.25, 0.3) is 0 Å². The van der Waals surface area contributed by atoms with E-state index in [1.807, 2.05) is 24.3 Å². The Morgan fingerprint density at radius 2 is 2.04 bits per heavy atom. The Bertz CT molecular complexity index is 831. The van der Waals surface area contributed by atoms with Crippen molar-refractivity contribution in [1.29, 1.82) is 0 Å². The highest BCUT2D eigenvalue weighted by Crippen LogP contribution is 2.39. The van der Waals surface area contributed by atoms with Gasteiger partial charge >= 0.3 is 12.0 Å². The number of hydrogen-bond donors (Lipinski definition) is 3. The Labute approximate surface area is 139 Å². The van der Waals surface area contributed by atoms with Crippen molar-refractivity contribution in [3.63, 3.8) is 0 Å². The van der Waals surface area contributed by atoms with Crippen LogP contribution in [0, 0.1) is 5.92 Å². The van der Waals surface area contributed by atoms with Gasteiger partial charge in [-0.1, -0.05) is 36.9 Å². The summed E-state index contributed by atoms with van der Waals surface area (Å²) in [5.74, 6) is -1.34. The van der Waals surface area contributed by atoms with Crippen LogP contribution in [0.2, 0.25) is 0 Å². The molecule has 24 heavy (non-hydrogen) atoms. The van der Waals surface area contributed by atoms with E-state index in [-0.39, 0.29) is 18.1 Å². The van der Waals surface area contributed by atoms with E-state index >= 15 is 0 Å². The van der Waals surface area contributed by atoms with Crippen LogP contribution in [0.15, 0.2) is 48.7 Å². The van der Waals surface area contributed by atoms with Crippen LogP contribution < -0.4 is 10.6 Å². The first kappa shape index (κ1) is 15.9. The van der Waals surface area contributed by atoms with Crippen molar-refractivity contribution in [1.82, 2.24) is 10.6 Å². The molecule has 6 heteroatoms. The number of rotatable bonds is 3. The van der Waals surface area contributed by atoms with Gasteiger partial charge in [-0.2, -0.15) is 0 Å². The molecule has 124 valence electrons. The average Bonchev–Trinajstić information content (AvgIpc) is 2.54. The topological polar surface area (TPSA) is 87.7 Å². The smallest absolute Gasteiger partial charge is 0.319 e. The predicted molar refractivity (Wildman–Crippen MR) is 89.3 cm³/mol. The molecule has 2 atom stereocenters. The average molecular weight is 326 g/mol. The number of carbonyl (C=O) groups excluding carboxylic acids is 2. The highest BCUT2D eigenvalue weighted by molar-refractivity contribution is 5.92. The van der Waals surface area contributed by atoms with E-state index in [4.69, 9.17) is 4.74 Å². The molecule has 0 bridgehead atoms. The van der Waals surface area contributed by atoms with Gasteiger partial charge in [0.15, 0.2) is 0 Å². The van der Waals surface area contributed by atoms with Crippen LogP contribution in [-0.4, -0.2) is 23.7 Å². The molecular weight excluding hydrogens is 308 g/mol. The second-order valence-corrected chi connectivity index (χ2v) is 5.55. The molecule has 2 amide bonds. The van der Waals surface area contributed by atoms with Gasteiger partial charge in [-0.3, -0.25) is 4.79 Å². The number of phenolic OH excluding ortho intramolecular Hbond substituents is 1. The summed E-state index contributed by atoms with van der Waals surface area (Å²) in [6.07, 6.45) is 0. The van der Waals surface area contributed by atoms with E-state index in [0.717, 1.165) is 10.8 Å². The summed E-state index contributed by atoms with van der Waals surface area (Å²) in [6, 6.07) is 9.55. The van der Waals surface area contributed by atoms with Gasteiger partial charge in [-0.05, 0) is 23.8 Å². The maximum absolute atomic E-state index is 12.4. The minimum atomic E-state index is -0.834. The van der Waals surface area contributed by atoms with Crippen LogP contribution in [-0.2, 0) is 9.53 Å². The summed E-state index contributed by atoms with van der Waals surface area (Å²) in [5.41, 5.74) is 0.719. The molecule has 2 aromatic rings. The zero-order valence-electron chi connectivity index (χ0n) is 13.2. The van der Waals surface area contributed by atoms with Crippen LogP contribution in [0.25, 0.3) is 10.8 Å². The summed E-state index contributed by atoms with van der Waals surface area (Å²) in [7, 11) is 0. The third kappa shape index (κ3) is 2.67. The molecule has 1 aliphatic rings. The molecule has 1 aliphatic heterocycles. The van der Waals surface area contributed by atoms with Gasteiger partial charge in [0, 0.05) is 11.3 Å². The van der Waals surface area contributed by atoms with Gasteiger partial charge in [0.2, 0.25) is 0 Å². The second-order valence-electron chi connectivity index (χ2n) is 5.55. The number of nitrogens with one attached hydrogen (secondary N) is 2. The van der Waals surface area contributed by atoms with Crippen molar-refractivity contribution in [3.05, 3.63) is 54.2 Å². The maximum atomic E-state index is 12.4. The zero-order valence-corrected chi connectivity index (χ0v) is 13.2. The maximum Gasteiger partial charge on any atom is 0.319 e. The number of aromatic hydroxyl groups is 1. The van der Waals surface area contributed by atoms with Crippen LogP contribution in [0.3, 0.4) is 0 Å². The highest BCUT2D eigenvalue weighted by atomic mass is 16.5. The monoisotopic (exact) mass is 326 g/mol. The number of benzene rings is 2. The minimum Gasteiger partial charge on any atom is -0.508 e. The van der Waals surface area contributed by atoms with Crippen LogP contribution >= 0.6 is 0 Å². The zero-order chi connectivity index (χ0) is 17.3. The van der Waals surface area contributed by atoms with E-state index in [1.54, 1.807) is 19.1 Å². The molecule has 0 aliphatic carbocycles. The Morgan fingerprint density at radius 3 is 2.79 bits per heavy atom. The molecule has 1 fully saturated rings. The third-order valence-corrected chi connectivity index (χ3v) is 4.07. The SMILES string of the molecule is C=C1NC(=O)NC(c2c(O)ccc3ccccc23)C1C(=O)OCC. The number of ether oxygens (including phenoxy) is 1. The fourth-order valence-electron chi connectivity index (χ4n) is 3.05. The third-order valence-electron chi connectivity index (χ3n) is 4.07. The summed E-state index contributed by atoms with van der Waals surface area (Å²) in [6.45, 7) is 5.70. The van der Waals surface area contributed by atoms with E-state index in [0.29, 0.717) is 5.56 Å². The standard InChI is InChI=1S/C18H18N2O4/c1-3-24-17(22)14-10(2)19-18(23)20-16(14)15-12-7-5-4-6-11(12)8-9-13(15)21/h4-9,14,16,21H,2-3H2,1H3,(H2,19,20,23). The first-order valence-corrected chi connectivity index (χ1v) is 7.66.